The van der Waals surface area contributed by atoms with Crippen LogP contribution in [-0.2, 0) is 0 Å². The van der Waals surface area contributed by atoms with Crippen LogP contribution in [0.25, 0.3) is 0 Å². The lowest BCUT2D eigenvalue weighted by Gasteiger charge is -2.37. The molecule has 2 atom stereocenters. The molecule has 4 heteroatoms. The van der Waals surface area contributed by atoms with E-state index >= 15 is 0 Å². The van der Waals surface area contributed by atoms with Crippen molar-refractivity contribution in [3.05, 3.63) is 29.8 Å². The van der Waals surface area contributed by atoms with E-state index in [2.05, 4.69) is 17.6 Å². The fourth-order valence-corrected chi connectivity index (χ4v) is 3.77. The Morgan fingerprint density at radius 3 is 2.67 bits per heavy atom. The van der Waals surface area contributed by atoms with Gasteiger partial charge in [-0.3, -0.25) is 0 Å². The molecule has 2 amide bonds. The third-order valence-corrected chi connectivity index (χ3v) is 4.76. The highest BCUT2D eigenvalue weighted by atomic mass is 16.2. The summed E-state index contributed by atoms with van der Waals surface area (Å²) in [6.45, 7) is 4.87. The van der Waals surface area contributed by atoms with Crippen LogP contribution in [0.2, 0.25) is 0 Å². The zero-order chi connectivity index (χ0) is 14.8. The molecule has 0 aliphatic carbocycles. The van der Waals surface area contributed by atoms with Crippen molar-refractivity contribution in [2.75, 3.05) is 11.9 Å². The monoisotopic (exact) mass is 287 g/mol. The molecule has 2 heterocycles. The Hall–Kier alpha value is -1.55. The Morgan fingerprint density at radius 1 is 1.33 bits per heavy atom. The first-order valence-electron chi connectivity index (χ1n) is 8.06. The van der Waals surface area contributed by atoms with Crippen LogP contribution < -0.4 is 10.6 Å². The lowest BCUT2D eigenvalue weighted by molar-refractivity contribution is 0.162. The minimum atomic E-state index is 0.0365. The van der Waals surface area contributed by atoms with Gasteiger partial charge in [-0.15, -0.1) is 0 Å². The predicted octanol–water partition coefficient (Wildman–Crippen LogP) is 3.13. The second-order valence-corrected chi connectivity index (χ2v) is 6.35. The zero-order valence-electron chi connectivity index (χ0n) is 12.9. The van der Waals surface area contributed by atoms with Crippen LogP contribution >= 0.6 is 0 Å². The summed E-state index contributed by atoms with van der Waals surface area (Å²) in [5.74, 6) is 0. The van der Waals surface area contributed by atoms with Gasteiger partial charge >= 0.3 is 6.03 Å². The number of hydrogen-bond acceptors (Lipinski definition) is 2. The number of piperidine rings is 1. The molecule has 4 nitrogen and oxygen atoms in total. The molecular formula is C17H25N3O. The molecule has 2 fully saturated rings. The first-order chi connectivity index (χ1) is 10.2. The molecule has 2 aliphatic rings. The normalized spacial score (nSPS) is 27.4. The molecule has 2 N–H and O–H groups in total. The van der Waals surface area contributed by atoms with Crippen LogP contribution in [0.15, 0.2) is 24.3 Å². The van der Waals surface area contributed by atoms with E-state index < -0.39 is 0 Å². The number of anilines is 1. The van der Waals surface area contributed by atoms with Crippen LogP contribution in [0.4, 0.5) is 10.5 Å². The lowest BCUT2D eigenvalue weighted by atomic mass is 9.98. The Kier molecular flexibility index (Phi) is 4.15. The molecule has 1 aromatic carbocycles. The molecule has 21 heavy (non-hydrogen) atoms. The van der Waals surface area contributed by atoms with Crippen LogP contribution in [0.5, 0.6) is 0 Å². The van der Waals surface area contributed by atoms with Crippen LogP contribution in [0.3, 0.4) is 0 Å². The number of nitrogens with one attached hydrogen (secondary N) is 2. The third-order valence-electron chi connectivity index (χ3n) is 4.76. The zero-order valence-corrected chi connectivity index (χ0v) is 12.9. The second-order valence-electron chi connectivity index (χ2n) is 6.35. The maximum absolute atomic E-state index is 12.6. The standard InChI is InChI=1S/C17H25N3O/c1-3-20(16-10-14-7-8-15(11-16)18-14)17(21)19-13-6-4-5-12(2)9-13/h4-6,9,14-16,18H,3,7-8,10-11H2,1-2H3,(H,19,21). The Balaban J connectivity index is 1.66. The second kappa shape index (κ2) is 6.06. The summed E-state index contributed by atoms with van der Waals surface area (Å²) in [6, 6.07) is 9.60. The number of amides is 2. The average Bonchev–Trinajstić information content (AvgIpc) is 2.78. The minimum Gasteiger partial charge on any atom is -0.322 e. The topological polar surface area (TPSA) is 44.4 Å². The molecule has 114 valence electrons. The van der Waals surface area contributed by atoms with E-state index in [9.17, 15) is 4.79 Å². The van der Waals surface area contributed by atoms with Gasteiger partial charge in [-0.25, -0.2) is 4.79 Å². The maximum atomic E-state index is 12.6. The highest BCUT2D eigenvalue weighted by molar-refractivity contribution is 5.89. The van der Waals surface area contributed by atoms with Crippen molar-refractivity contribution in [1.82, 2.24) is 10.2 Å². The summed E-state index contributed by atoms with van der Waals surface area (Å²) in [5, 5.41) is 6.68. The van der Waals surface area contributed by atoms with E-state index in [1.807, 2.05) is 36.1 Å². The lowest BCUT2D eigenvalue weighted by Crippen LogP contribution is -2.51. The van der Waals surface area contributed by atoms with Crippen molar-refractivity contribution in [1.29, 1.82) is 0 Å². The van der Waals surface area contributed by atoms with E-state index in [0.717, 1.165) is 30.6 Å². The van der Waals surface area contributed by atoms with Gasteiger partial charge in [0.1, 0.15) is 0 Å². The van der Waals surface area contributed by atoms with Crippen LogP contribution in [-0.4, -0.2) is 35.6 Å². The SMILES string of the molecule is CCN(C(=O)Nc1cccc(C)c1)C1CC2CCC(C1)N2. The summed E-state index contributed by atoms with van der Waals surface area (Å²) in [4.78, 5) is 14.6. The molecule has 0 saturated carbocycles. The number of carbonyl (C=O) groups is 1. The Morgan fingerprint density at radius 2 is 2.05 bits per heavy atom. The van der Waals surface area contributed by atoms with Crippen molar-refractivity contribution < 1.29 is 4.79 Å². The van der Waals surface area contributed by atoms with Gasteiger partial charge in [0.2, 0.25) is 0 Å². The summed E-state index contributed by atoms with van der Waals surface area (Å²) in [7, 11) is 0. The fourth-order valence-electron chi connectivity index (χ4n) is 3.77. The minimum absolute atomic E-state index is 0.0365. The summed E-state index contributed by atoms with van der Waals surface area (Å²) in [5.41, 5.74) is 2.05. The smallest absolute Gasteiger partial charge is 0.322 e. The molecule has 1 aromatic rings. The summed E-state index contributed by atoms with van der Waals surface area (Å²) in [6.07, 6.45) is 4.70. The number of nitrogens with zero attached hydrogens (tertiary/aromatic N) is 1. The van der Waals surface area contributed by atoms with E-state index in [1.165, 1.54) is 12.8 Å². The first-order valence-corrected chi connectivity index (χ1v) is 8.06. The molecule has 0 aromatic heterocycles. The maximum Gasteiger partial charge on any atom is 0.322 e. The van der Waals surface area contributed by atoms with E-state index in [1.54, 1.807) is 0 Å². The van der Waals surface area contributed by atoms with E-state index in [-0.39, 0.29) is 6.03 Å². The molecule has 0 radical (unpaired) electrons. The molecular weight excluding hydrogens is 262 g/mol. The van der Waals surface area contributed by atoms with Crippen LogP contribution in [0, 0.1) is 6.92 Å². The molecule has 2 unspecified atom stereocenters. The number of aryl methyl sites for hydroxylation is 1. The van der Waals surface area contributed by atoms with Gasteiger partial charge in [-0.2, -0.15) is 0 Å². The van der Waals surface area contributed by atoms with Crippen molar-refractivity contribution in [2.45, 2.75) is 57.7 Å². The van der Waals surface area contributed by atoms with Gasteiger partial charge in [0.05, 0.1) is 0 Å². The summed E-state index contributed by atoms with van der Waals surface area (Å²) < 4.78 is 0. The van der Waals surface area contributed by atoms with Gasteiger partial charge in [-0.05, 0) is 57.2 Å². The van der Waals surface area contributed by atoms with Crippen LogP contribution in [0.1, 0.15) is 38.2 Å². The van der Waals surface area contributed by atoms with E-state index in [0.29, 0.717) is 18.1 Å². The van der Waals surface area contributed by atoms with Gasteiger partial charge < -0.3 is 15.5 Å². The number of benzene rings is 1. The van der Waals surface area contributed by atoms with Gasteiger partial charge in [0.25, 0.3) is 0 Å². The van der Waals surface area contributed by atoms with E-state index in [4.69, 9.17) is 0 Å². The number of carbonyl (C=O) groups excluding carboxylic acids is 1. The number of hydrogen-bond donors (Lipinski definition) is 2. The summed E-state index contributed by atoms with van der Waals surface area (Å²) >= 11 is 0. The number of urea groups is 1. The molecule has 2 saturated heterocycles. The number of rotatable bonds is 3. The quantitative estimate of drug-likeness (QED) is 0.897. The highest BCUT2D eigenvalue weighted by Gasteiger charge is 2.37. The van der Waals surface area contributed by atoms with Gasteiger partial charge in [-0.1, -0.05) is 12.1 Å². The Labute approximate surface area is 126 Å². The Bertz CT molecular complexity index is 505. The molecule has 2 aliphatic heterocycles. The van der Waals surface area contributed by atoms with Gasteiger partial charge in [0.15, 0.2) is 0 Å². The predicted molar refractivity (Wildman–Crippen MR) is 85.5 cm³/mol. The highest BCUT2D eigenvalue weighted by Crippen LogP contribution is 2.30. The fraction of sp³-hybridized carbons (Fsp3) is 0.588. The molecule has 0 spiro atoms. The largest absolute Gasteiger partial charge is 0.322 e. The van der Waals surface area contributed by atoms with Crippen molar-refractivity contribution >= 4 is 11.7 Å². The number of fused-ring (bicyclic) bond motifs is 2. The van der Waals surface area contributed by atoms with Crippen molar-refractivity contribution in [3.8, 4) is 0 Å². The molecule has 3 rings (SSSR count). The van der Waals surface area contributed by atoms with Crippen molar-refractivity contribution in [2.24, 2.45) is 0 Å². The third kappa shape index (κ3) is 3.21. The molecule has 2 bridgehead atoms. The average molecular weight is 287 g/mol. The first kappa shape index (κ1) is 14.4. The van der Waals surface area contributed by atoms with Gasteiger partial charge in [0, 0.05) is 30.4 Å². The van der Waals surface area contributed by atoms with Crippen molar-refractivity contribution in [3.63, 3.8) is 0 Å².